The van der Waals surface area contributed by atoms with E-state index in [0.717, 1.165) is 38.7 Å². The Morgan fingerprint density at radius 1 is 0.852 bits per heavy atom. The zero-order chi connectivity index (χ0) is 18.8. The Kier molecular flexibility index (Phi) is 4.56. The number of nitrogens with two attached hydrogens (primary N) is 1. The molecular weight excluding hydrogens is 358 g/mol. The van der Waals surface area contributed by atoms with Crippen molar-refractivity contribution < 1.29 is 8.42 Å². The summed E-state index contributed by atoms with van der Waals surface area (Å²) in [7, 11) is -2.43. The van der Waals surface area contributed by atoms with E-state index in [-0.39, 0.29) is 5.75 Å². The summed E-state index contributed by atoms with van der Waals surface area (Å²) in [6, 6.07) is 19.4. The van der Waals surface area contributed by atoms with Gasteiger partial charge in [0.25, 0.3) is 0 Å². The third kappa shape index (κ3) is 3.66. The van der Waals surface area contributed by atoms with E-state index in [4.69, 9.17) is 5.73 Å². The van der Waals surface area contributed by atoms with Gasteiger partial charge in [-0.1, -0.05) is 36.4 Å². The molecule has 0 aliphatic rings. The summed E-state index contributed by atoms with van der Waals surface area (Å²) in [5.74, 6) is 0.508. The van der Waals surface area contributed by atoms with Gasteiger partial charge in [-0.3, -0.25) is 4.98 Å². The van der Waals surface area contributed by atoms with Crippen LogP contribution in [0.15, 0.2) is 73.1 Å². The van der Waals surface area contributed by atoms with Gasteiger partial charge in [-0.25, -0.2) is 13.4 Å². The van der Waals surface area contributed by atoms with E-state index in [2.05, 4.69) is 9.97 Å². The molecule has 0 bridgehead atoms. The van der Waals surface area contributed by atoms with Crippen molar-refractivity contribution in [1.29, 1.82) is 0 Å². The second-order valence-electron chi connectivity index (χ2n) is 6.26. The quantitative estimate of drug-likeness (QED) is 0.532. The molecule has 4 rings (SSSR count). The van der Waals surface area contributed by atoms with Crippen LogP contribution in [0.3, 0.4) is 0 Å². The lowest BCUT2D eigenvalue weighted by atomic mass is 9.99. The number of rotatable bonds is 4. The molecule has 134 valence electrons. The van der Waals surface area contributed by atoms with Gasteiger partial charge in [0.2, 0.25) is 0 Å². The molecule has 0 aliphatic carbocycles. The van der Waals surface area contributed by atoms with Crippen molar-refractivity contribution in [2.45, 2.75) is 5.75 Å². The fourth-order valence-corrected chi connectivity index (χ4v) is 3.57. The van der Waals surface area contributed by atoms with Crippen molar-refractivity contribution in [1.82, 2.24) is 9.97 Å². The predicted octanol–water partition coefficient (Wildman–Crippen LogP) is 3.66. The molecule has 0 fully saturated rings. The molecule has 27 heavy (non-hydrogen) atoms. The van der Waals surface area contributed by atoms with Crippen LogP contribution < -0.4 is 5.73 Å². The van der Waals surface area contributed by atoms with Crippen LogP contribution in [0.1, 0.15) is 5.56 Å². The maximum atomic E-state index is 10.9. The van der Waals surface area contributed by atoms with E-state index in [1.54, 1.807) is 12.4 Å². The van der Waals surface area contributed by atoms with E-state index in [9.17, 15) is 8.42 Å². The molecule has 4 aromatic rings. The van der Waals surface area contributed by atoms with Gasteiger partial charge < -0.3 is 5.73 Å². The smallest absolute Gasteiger partial charge is 0.144 e. The summed E-state index contributed by atoms with van der Waals surface area (Å²) in [6.45, 7) is 0. The second-order valence-corrected chi connectivity index (χ2v) is 7.24. The number of hydrogen-bond donors (Lipinski definition) is 2. The largest absolute Gasteiger partial charge is 0.383 e. The lowest BCUT2D eigenvalue weighted by Crippen LogP contribution is -1.95. The summed E-state index contributed by atoms with van der Waals surface area (Å²) in [5, 5.41) is 1.04. The minimum absolute atomic E-state index is 0.0476. The molecule has 6 heteroatoms. The third-order valence-electron chi connectivity index (χ3n) is 4.43. The normalized spacial score (nSPS) is 11.1. The summed E-state index contributed by atoms with van der Waals surface area (Å²) in [6.07, 6.45) is 3.50. The van der Waals surface area contributed by atoms with Crippen molar-refractivity contribution in [2.75, 3.05) is 5.73 Å². The summed E-state index contributed by atoms with van der Waals surface area (Å²) in [4.78, 5) is 8.69. The number of thiol groups is 1. The molecule has 0 amide bonds. The number of nitrogens with zero attached hydrogens (tertiary/aromatic N) is 2. The Bertz CT molecular complexity index is 1190. The van der Waals surface area contributed by atoms with E-state index in [1.807, 2.05) is 60.7 Å². The molecule has 0 atom stereocenters. The molecule has 0 unspecified atom stereocenters. The third-order valence-corrected chi connectivity index (χ3v) is 5.05. The lowest BCUT2D eigenvalue weighted by Gasteiger charge is -2.10. The highest BCUT2D eigenvalue weighted by atomic mass is 32.2. The van der Waals surface area contributed by atoms with Gasteiger partial charge in [0, 0.05) is 28.9 Å². The number of nitrogen functional groups attached to an aromatic ring is 1. The average Bonchev–Trinajstić information content (AvgIpc) is 2.68. The Balaban J connectivity index is 1.74. The van der Waals surface area contributed by atoms with Crippen LogP contribution in [0.25, 0.3) is 33.2 Å². The zero-order valence-electron chi connectivity index (χ0n) is 14.4. The van der Waals surface area contributed by atoms with Crippen molar-refractivity contribution in [3.8, 4) is 22.3 Å². The number of fused-ring (bicyclic) bond motifs is 1. The number of anilines is 1. The second kappa shape index (κ2) is 7.17. The maximum absolute atomic E-state index is 10.9. The number of pyridine rings is 2. The maximum Gasteiger partial charge on any atom is 0.144 e. The number of hydrogen-bond acceptors (Lipinski definition) is 5. The molecule has 0 aliphatic heterocycles. The van der Waals surface area contributed by atoms with E-state index < -0.39 is 10.7 Å². The molecular formula is C21H17N3O2S. The first-order chi connectivity index (χ1) is 13.1. The van der Waals surface area contributed by atoms with E-state index >= 15 is 0 Å². The van der Waals surface area contributed by atoms with E-state index in [1.165, 1.54) is 0 Å². The average molecular weight is 375 g/mol. The van der Waals surface area contributed by atoms with Gasteiger partial charge in [0.05, 0.1) is 11.3 Å². The highest BCUT2D eigenvalue weighted by molar-refractivity contribution is 7.71. The Morgan fingerprint density at radius 2 is 1.63 bits per heavy atom. The summed E-state index contributed by atoms with van der Waals surface area (Å²) < 4.78 is 21.7. The van der Waals surface area contributed by atoms with Crippen LogP contribution in [0.4, 0.5) is 5.82 Å². The highest BCUT2D eigenvalue weighted by Gasteiger charge is 2.08. The Hall–Kier alpha value is -3.25. The number of aromatic nitrogens is 2. The van der Waals surface area contributed by atoms with Crippen molar-refractivity contribution >= 4 is 27.4 Å². The van der Waals surface area contributed by atoms with Gasteiger partial charge >= 0.3 is 0 Å². The molecule has 2 N–H and O–H groups in total. The van der Waals surface area contributed by atoms with Crippen LogP contribution in [-0.2, 0) is 16.5 Å². The molecule has 2 aromatic heterocycles. The first kappa shape index (κ1) is 17.2. The fourth-order valence-electron chi connectivity index (χ4n) is 3.06. The van der Waals surface area contributed by atoms with Crippen molar-refractivity contribution in [2.24, 2.45) is 0 Å². The van der Waals surface area contributed by atoms with Crippen molar-refractivity contribution in [3.05, 3.63) is 78.6 Å². The van der Waals surface area contributed by atoms with Crippen LogP contribution in [0, 0.1) is 0 Å². The lowest BCUT2D eigenvalue weighted by molar-refractivity contribution is 0.614. The molecule has 5 nitrogen and oxygen atoms in total. The molecule has 0 spiro atoms. The standard InChI is InChI=1S/C21H17N3O2S/c22-21-19(16-7-8-20-17(10-16)2-1-9-23-20)11-18(12-24-21)15-5-3-14(4-6-15)13-27(25)26/h1-12,27H,13H2,(H2,22,24). The molecule has 2 heterocycles. The topological polar surface area (TPSA) is 85.9 Å². The minimum Gasteiger partial charge on any atom is -0.383 e. The van der Waals surface area contributed by atoms with Crippen LogP contribution >= 0.6 is 0 Å². The van der Waals surface area contributed by atoms with Gasteiger partial charge in [0.1, 0.15) is 16.5 Å². The summed E-state index contributed by atoms with van der Waals surface area (Å²) >= 11 is 0. The molecule has 0 saturated carbocycles. The summed E-state index contributed by atoms with van der Waals surface area (Å²) in [5.41, 5.74) is 11.5. The minimum atomic E-state index is -2.43. The first-order valence-corrected chi connectivity index (χ1v) is 9.78. The Labute approximate surface area is 158 Å². The molecule has 0 saturated heterocycles. The first-order valence-electron chi connectivity index (χ1n) is 8.42. The van der Waals surface area contributed by atoms with Gasteiger partial charge in [-0.2, -0.15) is 0 Å². The molecule has 0 radical (unpaired) electrons. The van der Waals surface area contributed by atoms with Gasteiger partial charge in [-0.15, -0.1) is 0 Å². The van der Waals surface area contributed by atoms with Crippen LogP contribution in [0.2, 0.25) is 0 Å². The SMILES string of the molecule is Nc1ncc(-c2ccc(C[SH](=O)=O)cc2)cc1-c1ccc2ncccc2c1. The monoisotopic (exact) mass is 375 g/mol. The van der Waals surface area contributed by atoms with Gasteiger partial charge in [-0.05, 0) is 41.0 Å². The number of benzene rings is 2. The predicted molar refractivity (Wildman–Crippen MR) is 109 cm³/mol. The van der Waals surface area contributed by atoms with Crippen molar-refractivity contribution in [3.63, 3.8) is 0 Å². The van der Waals surface area contributed by atoms with Gasteiger partial charge in [0.15, 0.2) is 0 Å². The zero-order valence-corrected chi connectivity index (χ0v) is 15.3. The fraction of sp³-hybridized carbons (Fsp3) is 0.0476. The van der Waals surface area contributed by atoms with Crippen LogP contribution in [-0.4, -0.2) is 18.4 Å². The molecule has 2 aromatic carbocycles. The van der Waals surface area contributed by atoms with E-state index in [0.29, 0.717) is 5.82 Å². The Morgan fingerprint density at radius 3 is 2.41 bits per heavy atom. The highest BCUT2D eigenvalue weighted by Crippen LogP contribution is 2.31. The van der Waals surface area contributed by atoms with Crippen LogP contribution in [0.5, 0.6) is 0 Å².